The maximum absolute atomic E-state index is 13.1. The number of aromatic nitrogens is 3. The van der Waals surface area contributed by atoms with Gasteiger partial charge in [-0.2, -0.15) is 22.7 Å². The van der Waals surface area contributed by atoms with E-state index in [4.69, 9.17) is 0 Å². The minimum atomic E-state index is -4.74. The highest BCUT2D eigenvalue weighted by Crippen LogP contribution is 2.33. The largest absolute Gasteiger partial charge is 0.435 e. The van der Waals surface area contributed by atoms with E-state index < -0.39 is 44.0 Å². The molecule has 0 radical (unpaired) electrons. The van der Waals surface area contributed by atoms with Crippen molar-refractivity contribution in [3.63, 3.8) is 0 Å². The Kier molecular flexibility index (Phi) is 6.25. The summed E-state index contributed by atoms with van der Waals surface area (Å²) >= 11 is 0. The fourth-order valence-corrected chi connectivity index (χ4v) is 5.40. The number of carbonyl (C=O) groups is 1. The van der Waals surface area contributed by atoms with E-state index in [-0.39, 0.29) is 24.7 Å². The van der Waals surface area contributed by atoms with Gasteiger partial charge in [0.25, 0.3) is 0 Å². The highest BCUT2D eigenvalue weighted by molar-refractivity contribution is 7.92. The third-order valence-electron chi connectivity index (χ3n) is 5.38. The molecule has 1 aliphatic heterocycles. The smallest absolute Gasteiger partial charge is 0.325 e. The molecule has 2 aromatic heterocycles. The second kappa shape index (κ2) is 8.44. The quantitative estimate of drug-likeness (QED) is 0.555. The minimum absolute atomic E-state index is 0.243. The van der Waals surface area contributed by atoms with Gasteiger partial charge in [-0.25, -0.2) is 18.2 Å². The van der Waals surface area contributed by atoms with Gasteiger partial charge in [0.2, 0.25) is 5.95 Å². The lowest BCUT2D eigenvalue weighted by Crippen LogP contribution is -2.44. The topological polar surface area (TPSA) is 97.2 Å². The van der Waals surface area contributed by atoms with Crippen molar-refractivity contribution in [2.24, 2.45) is 13.0 Å². The monoisotopic (exact) mass is 463 g/mol. The third-order valence-corrected chi connectivity index (χ3v) is 7.71. The lowest BCUT2D eigenvalue weighted by Gasteiger charge is -2.34. The molecule has 2 amide bonds. The molecule has 0 aromatic carbocycles. The first-order chi connectivity index (χ1) is 14.4. The van der Waals surface area contributed by atoms with E-state index in [2.05, 4.69) is 15.4 Å². The maximum Gasteiger partial charge on any atom is 0.435 e. The molecule has 1 saturated heterocycles. The summed E-state index contributed by atoms with van der Waals surface area (Å²) in [5.74, 6) is -1.09. The number of carbonyl (C=O) groups excluding carboxylic acids is 1. The number of pyridine rings is 1. The highest BCUT2D eigenvalue weighted by atomic mass is 32.2. The van der Waals surface area contributed by atoms with Crippen molar-refractivity contribution in [1.29, 1.82) is 0 Å². The first-order valence-corrected chi connectivity index (χ1v) is 11.0. The predicted octanol–water partition coefficient (Wildman–Crippen LogP) is 3.08. The molecule has 0 unspecified atom stereocenters. The number of urea groups is 1. The van der Waals surface area contributed by atoms with Gasteiger partial charge in [-0.15, -0.1) is 0 Å². The number of nitrogens with zero attached hydrogens (tertiary/aromatic N) is 4. The molecule has 31 heavy (non-hydrogen) atoms. The number of hydrogen-bond acceptors (Lipinski definition) is 5. The molecule has 170 valence electrons. The third kappa shape index (κ3) is 4.97. The number of piperidine rings is 1. The number of halogens is 4. The zero-order valence-corrected chi connectivity index (χ0v) is 17.5. The second-order valence-corrected chi connectivity index (χ2v) is 9.61. The number of nitrogens with one attached hydrogen (secondary N) is 1. The Bertz CT molecular complexity index is 1060. The van der Waals surface area contributed by atoms with Crippen molar-refractivity contribution in [3.8, 4) is 0 Å². The Morgan fingerprint density at radius 2 is 1.90 bits per heavy atom. The lowest BCUT2D eigenvalue weighted by molar-refractivity contribution is -0.141. The van der Waals surface area contributed by atoms with E-state index >= 15 is 0 Å². The minimum Gasteiger partial charge on any atom is -0.325 e. The number of alkyl halides is 3. The normalized spacial score (nSPS) is 16.9. The van der Waals surface area contributed by atoms with Crippen LogP contribution in [-0.2, 0) is 23.1 Å². The highest BCUT2D eigenvalue weighted by Gasteiger charge is 2.40. The van der Waals surface area contributed by atoms with Gasteiger partial charge in [0.05, 0.1) is 5.25 Å². The molecular formula is C18H21F4N5O3S. The number of sulfone groups is 1. The summed E-state index contributed by atoms with van der Waals surface area (Å²) in [5, 5.41) is 4.38. The Morgan fingerprint density at radius 3 is 2.45 bits per heavy atom. The Balaban J connectivity index is 1.65. The van der Waals surface area contributed by atoms with Gasteiger partial charge in [-0.3, -0.25) is 4.68 Å². The molecule has 0 bridgehead atoms. The summed E-state index contributed by atoms with van der Waals surface area (Å²) in [4.78, 5) is 17.2. The van der Waals surface area contributed by atoms with Crippen LogP contribution < -0.4 is 5.32 Å². The van der Waals surface area contributed by atoms with E-state index in [9.17, 15) is 30.8 Å². The van der Waals surface area contributed by atoms with Crippen LogP contribution in [0.3, 0.4) is 0 Å². The summed E-state index contributed by atoms with van der Waals surface area (Å²) in [6, 6.07) is 2.59. The lowest BCUT2D eigenvalue weighted by atomic mass is 9.94. The zero-order chi connectivity index (χ0) is 23.0. The van der Waals surface area contributed by atoms with Crippen LogP contribution >= 0.6 is 0 Å². The van der Waals surface area contributed by atoms with Crippen LogP contribution in [0.15, 0.2) is 29.4 Å². The van der Waals surface area contributed by atoms with Crippen molar-refractivity contribution in [3.05, 3.63) is 36.0 Å². The van der Waals surface area contributed by atoms with Gasteiger partial charge in [0.15, 0.2) is 20.6 Å². The average Bonchev–Trinajstić information content (AvgIpc) is 3.10. The predicted molar refractivity (Wildman–Crippen MR) is 102 cm³/mol. The van der Waals surface area contributed by atoms with E-state index in [1.54, 1.807) is 0 Å². The Morgan fingerprint density at radius 1 is 1.26 bits per heavy atom. The number of rotatable bonds is 4. The molecule has 1 aliphatic rings. The summed E-state index contributed by atoms with van der Waals surface area (Å²) in [6.07, 6.45) is -2.83. The number of anilines is 1. The van der Waals surface area contributed by atoms with Crippen LogP contribution in [0, 0.1) is 11.9 Å². The summed E-state index contributed by atoms with van der Waals surface area (Å²) in [5.41, 5.74) is -1.02. The average molecular weight is 463 g/mol. The molecule has 0 aliphatic carbocycles. The van der Waals surface area contributed by atoms with E-state index in [0.29, 0.717) is 18.9 Å². The molecule has 2 aromatic rings. The number of amides is 2. The molecule has 1 N–H and O–H groups in total. The summed E-state index contributed by atoms with van der Waals surface area (Å²) in [7, 11) is -2.91. The van der Waals surface area contributed by atoms with Crippen molar-refractivity contribution in [1.82, 2.24) is 19.7 Å². The molecule has 3 heterocycles. The molecular weight excluding hydrogens is 442 g/mol. The molecule has 13 heteroatoms. The first kappa shape index (κ1) is 23.0. The Hall–Kier alpha value is -2.70. The van der Waals surface area contributed by atoms with Crippen molar-refractivity contribution >= 4 is 21.6 Å². The number of hydrogen-bond donors (Lipinski definition) is 1. The molecule has 1 fully saturated rings. The van der Waals surface area contributed by atoms with Gasteiger partial charge in [-0.1, -0.05) is 0 Å². The molecule has 8 nitrogen and oxygen atoms in total. The fourth-order valence-electron chi connectivity index (χ4n) is 3.55. The van der Waals surface area contributed by atoms with Crippen molar-refractivity contribution < 1.29 is 30.8 Å². The first-order valence-electron chi connectivity index (χ1n) is 9.42. The van der Waals surface area contributed by atoms with Gasteiger partial charge in [-0.05, 0) is 31.7 Å². The molecule has 0 spiro atoms. The standard InChI is InChI=1S/C18H21F4N5O3S/c1-11(31(29,30)16-10-14(18(20,21)22)25-26(16)2)12-4-7-27(8-5-12)17(28)24-13-3-6-23-15(19)9-13/h3,6,9-12H,4-5,7-8H2,1-2H3,(H,23,24,28)/t11-/m0/s1. The van der Waals surface area contributed by atoms with Gasteiger partial charge in [0, 0.05) is 44.2 Å². The maximum atomic E-state index is 13.1. The van der Waals surface area contributed by atoms with Crippen molar-refractivity contribution in [2.45, 2.75) is 36.2 Å². The number of likely N-dealkylation sites (tertiary alicyclic amines) is 1. The van der Waals surface area contributed by atoms with E-state index in [1.165, 1.54) is 24.1 Å². The van der Waals surface area contributed by atoms with Crippen LogP contribution in [0.5, 0.6) is 0 Å². The Labute approximate surface area is 176 Å². The molecule has 3 rings (SSSR count). The van der Waals surface area contributed by atoms with Crippen LogP contribution in [0.1, 0.15) is 25.5 Å². The van der Waals surface area contributed by atoms with Gasteiger partial charge in [0.1, 0.15) is 0 Å². The van der Waals surface area contributed by atoms with Gasteiger partial charge < -0.3 is 10.2 Å². The molecule has 0 saturated carbocycles. The van der Waals surface area contributed by atoms with Crippen molar-refractivity contribution in [2.75, 3.05) is 18.4 Å². The van der Waals surface area contributed by atoms with Crippen LogP contribution in [0.4, 0.5) is 28.0 Å². The van der Waals surface area contributed by atoms with Crippen LogP contribution in [0.25, 0.3) is 0 Å². The van der Waals surface area contributed by atoms with Crippen LogP contribution in [-0.4, -0.2) is 52.5 Å². The number of aryl methyl sites for hydroxylation is 1. The van der Waals surface area contributed by atoms with E-state index in [0.717, 1.165) is 17.8 Å². The zero-order valence-electron chi connectivity index (χ0n) is 16.7. The van der Waals surface area contributed by atoms with Gasteiger partial charge >= 0.3 is 12.2 Å². The van der Waals surface area contributed by atoms with Crippen LogP contribution in [0.2, 0.25) is 0 Å². The second-order valence-electron chi connectivity index (χ2n) is 7.36. The summed E-state index contributed by atoms with van der Waals surface area (Å²) < 4.78 is 78.4. The SMILES string of the molecule is C[C@@H](C1CCN(C(=O)Nc2ccnc(F)c2)CC1)S(=O)(=O)c1cc(C(F)(F)F)nn1C. The summed E-state index contributed by atoms with van der Waals surface area (Å²) in [6.45, 7) is 1.96. The fraction of sp³-hybridized carbons (Fsp3) is 0.500. The molecule has 1 atom stereocenters. The van der Waals surface area contributed by atoms with E-state index in [1.807, 2.05) is 0 Å².